The summed E-state index contributed by atoms with van der Waals surface area (Å²) >= 11 is 0. The van der Waals surface area contributed by atoms with Crippen LogP contribution in [0.1, 0.15) is 55.1 Å². The number of hydrogen-bond acceptors (Lipinski definition) is 4. The van der Waals surface area contributed by atoms with Crippen LogP contribution >= 0.6 is 0 Å². The molecule has 176 valence electrons. The van der Waals surface area contributed by atoms with Gasteiger partial charge in [0, 0.05) is 49.7 Å². The van der Waals surface area contributed by atoms with Gasteiger partial charge in [-0.1, -0.05) is 50.1 Å². The summed E-state index contributed by atoms with van der Waals surface area (Å²) in [6.45, 7) is 2.35. The predicted molar refractivity (Wildman–Crippen MR) is 127 cm³/mol. The first-order valence-corrected chi connectivity index (χ1v) is 12.1. The van der Waals surface area contributed by atoms with E-state index in [2.05, 4.69) is 48.0 Å². The van der Waals surface area contributed by atoms with Crippen LogP contribution in [0.3, 0.4) is 0 Å². The number of likely N-dealkylation sites (tertiary alicyclic amines) is 2. The monoisotopic (exact) mass is 450 g/mol. The summed E-state index contributed by atoms with van der Waals surface area (Å²) in [5.74, 6) is -0.181. The van der Waals surface area contributed by atoms with Crippen LogP contribution in [-0.4, -0.2) is 56.1 Å². The van der Waals surface area contributed by atoms with E-state index < -0.39 is 11.2 Å². The molecule has 3 heterocycles. The minimum absolute atomic E-state index is 0.0113. The molecule has 0 radical (unpaired) electrons. The third-order valence-corrected chi connectivity index (χ3v) is 8.80. The molecule has 2 bridgehead atoms. The van der Waals surface area contributed by atoms with E-state index in [1.807, 2.05) is 6.07 Å². The highest BCUT2D eigenvalue weighted by Crippen LogP contribution is 2.55. The molecule has 5 rings (SSSR count). The molecule has 1 aliphatic carbocycles. The standard InChI is InChI=1S/C26H34N4O3/c1-26-16-20-18(14-17-10-6-5-7-11-17)27(2)21(26)12-8-9-13-22(26)30(20)24(32)19-15-23(31)29(4)25(33)28(19)3/h5-7,10-11,15,18,20-22H,8-9,12-14,16H2,1-4H3/t18-,20-,21+,22-,26+/m0/s1. The molecule has 0 unspecified atom stereocenters. The fourth-order valence-corrected chi connectivity index (χ4v) is 7.06. The van der Waals surface area contributed by atoms with Crippen molar-refractivity contribution < 1.29 is 4.79 Å². The molecule has 33 heavy (non-hydrogen) atoms. The number of fused-ring (bicyclic) bond motifs is 1. The number of amides is 1. The Bertz CT molecular complexity index is 1190. The molecule has 0 N–H and O–H groups in total. The first-order valence-electron chi connectivity index (χ1n) is 12.1. The number of piperidine rings is 1. The van der Waals surface area contributed by atoms with E-state index >= 15 is 0 Å². The van der Waals surface area contributed by atoms with Crippen molar-refractivity contribution in [3.8, 4) is 0 Å². The maximum absolute atomic E-state index is 14.1. The molecule has 1 saturated carbocycles. The van der Waals surface area contributed by atoms with Crippen molar-refractivity contribution in [2.45, 2.75) is 69.6 Å². The van der Waals surface area contributed by atoms with Crippen molar-refractivity contribution in [2.75, 3.05) is 7.05 Å². The lowest BCUT2D eigenvalue weighted by molar-refractivity contribution is 0.0155. The zero-order chi connectivity index (χ0) is 23.5. The zero-order valence-electron chi connectivity index (χ0n) is 20.0. The number of carbonyl (C=O) groups is 1. The summed E-state index contributed by atoms with van der Waals surface area (Å²) in [5.41, 5.74) is 0.575. The van der Waals surface area contributed by atoms with Crippen molar-refractivity contribution in [1.29, 1.82) is 0 Å². The topological polar surface area (TPSA) is 67.6 Å². The summed E-state index contributed by atoms with van der Waals surface area (Å²) in [7, 11) is 5.26. The second-order valence-electron chi connectivity index (χ2n) is 10.5. The Labute approximate surface area is 194 Å². The van der Waals surface area contributed by atoms with Gasteiger partial charge in [0.05, 0.1) is 0 Å². The molecule has 7 nitrogen and oxygen atoms in total. The van der Waals surface area contributed by atoms with Gasteiger partial charge >= 0.3 is 5.69 Å². The largest absolute Gasteiger partial charge is 0.331 e. The van der Waals surface area contributed by atoms with Crippen molar-refractivity contribution in [3.63, 3.8) is 0 Å². The molecule has 1 amide bonds. The lowest BCUT2D eigenvalue weighted by Crippen LogP contribution is -2.58. The molecule has 7 heteroatoms. The van der Waals surface area contributed by atoms with Gasteiger partial charge in [0.1, 0.15) is 5.69 Å². The van der Waals surface area contributed by atoms with Crippen LogP contribution in [-0.2, 0) is 20.5 Å². The first-order chi connectivity index (χ1) is 15.7. The van der Waals surface area contributed by atoms with Crippen LogP contribution in [0.4, 0.5) is 0 Å². The molecule has 2 saturated heterocycles. The molecular weight excluding hydrogens is 416 g/mol. The van der Waals surface area contributed by atoms with E-state index in [4.69, 9.17) is 0 Å². The maximum atomic E-state index is 14.1. The highest BCUT2D eigenvalue weighted by molar-refractivity contribution is 5.93. The quantitative estimate of drug-likeness (QED) is 0.719. The summed E-state index contributed by atoms with van der Waals surface area (Å²) < 4.78 is 2.38. The molecule has 5 atom stereocenters. The Kier molecular flexibility index (Phi) is 5.35. The summed E-state index contributed by atoms with van der Waals surface area (Å²) in [6, 6.07) is 12.6. The first kappa shape index (κ1) is 22.1. The van der Waals surface area contributed by atoms with E-state index in [-0.39, 0.29) is 35.1 Å². The summed E-state index contributed by atoms with van der Waals surface area (Å²) in [6.07, 6.45) is 6.22. The number of rotatable bonds is 3. The molecule has 2 aliphatic heterocycles. The number of hydrogen-bond donors (Lipinski definition) is 0. The lowest BCUT2D eigenvalue weighted by atomic mass is 9.69. The SMILES string of the molecule is CN1[C@@H](Cc2ccccc2)[C@@H]2C[C@@]3(C)[C@H](CCCC[C@@H]13)N2C(=O)c1cc(=O)n(C)c(=O)n1C. The van der Waals surface area contributed by atoms with Crippen molar-refractivity contribution in [2.24, 2.45) is 19.5 Å². The zero-order valence-corrected chi connectivity index (χ0v) is 20.0. The second kappa shape index (κ2) is 7.97. The van der Waals surface area contributed by atoms with Gasteiger partial charge in [-0.15, -0.1) is 0 Å². The Morgan fingerprint density at radius 3 is 2.36 bits per heavy atom. The van der Waals surface area contributed by atoms with Gasteiger partial charge in [-0.05, 0) is 38.3 Å². The predicted octanol–water partition coefficient (Wildman–Crippen LogP) is 2.17. The summed E-state index contributed by atoms with van der Waals surface area (Å²) in [4.78, 5) is 43.7. The number of likely N-dealkylation sites (N-methyl/N-ethyl adjacent to an activating group) is 1. The minimum Gasteiger partial charge on any atom is -0.329 e. The van der Waals surface area contributed by atoms with Gasteiger partial charge in [-0.25, -0.2) is 4.79 Å². The fraction of sp³-hybridized carbons (Fsp3) is 0.577. The van der Waals surface area contributed by atoms with Crippen LogP contribution in [0.2, 0.25) is 0 Å². The van der Waals surface area contributed by atoms with E-state index in [1.165, 1.54) is 23.2 Å². The molecule has 1 aromatic carbocycles. The number of nitrogens with zero attached hydrogens (tertiary/aromatic N) is 4. The number of carbonyl (C=O) groups excluding carboxylic acids is 1. The molecule has 0 spiro atoms. The van der Waals surface area contributed by atoms with E-state index in [1.54, 1.807) is 7.05 Å². The Balaban J connectivity index is 1.61. The Hall–Kier alpha value is -2.67. The highest BCUT2D eigenvalue weighted by atomic mass is 16.2. The molecule has 1 aromatic heterocycles. The van der Waals surface area contributed by atoms with Gasteiger partial charge in [0.25, 0.3) is 11.5 Å². The lowest BCUT2D eigenvalue weighted by Gasteiger charge is -2.49. The van der Waals surface area contributed by atoms with Crippen LogP contribution in [0, 0.1) is 5.41 Å². The van der Waals surface area contributed by atoms with Crippen molar-refractivity contribution in [3.05, 3.63) is 68.5 Å². The smallest absolute Gasteiger partial charge is 0.329 e. The summed E-state index contributed by atoms with van der Waals surface area (Å²) in [5, 5.41) is 0. The molecule has 3 fully saturated rings. The third-order valence-electron chi connectivity index (χ3n) is 8.80. The van der Waals surface area contributed by atoms with Crippen LogP contribution in [0.25, 0.3) is 0 Å². The van der Waals surface area contributed by atoms with Crippen LogP contribution < -0.4 is 11.2 Å². The number of aromatic nitrogens is 2. The molecule has 3 aliphatic rings. The van der Waals surface area contributed by atoms with E-state index in [0.29, 0.717) is 6.04 Å². The molecular formula is C26H34N4O3. The highest BCUT2D eigenvalue weighted by Gasteiger charge is 2.62. The normalized spacial score (nSPS) is 31.5. The third kappa shape index (κ3) is 3.31. The van der Waals surface area contributed by atoms with Crippen molar-refractivity contribution in [1.82, 2.24) is 18.9 Å². The van der Waals surface area contributed by atoms with Gasteiger partial charge in [0.15, 0.2) is 0 Å². The van der Waals surface area contributed by atoms with E-state index in [9.17, 15) is 14.4 Å². The molecule has 2 aromatic rings. The maximum Gasteiger partial charge on any atom is 0.331 e. The van der Waals surface area contributed by atoms with Crippen molar-refractivity contribution >= 4 is 5.91 Å². The van der Waals surface area contributed by atoms with Crippen LogP contribution in [0.15, 0.2) is 46.0 Å². The minimum atomic E-state index is -0.462. The fourth-order valence-electron chi connectivity index (χ4n) is 7.06. The number of benzene rings is 1. The van der Waals surface area contributed by atoms with Gasteiger partial charge < -0.3 is 4.90 Å². The van der Waals surface area contributed by atoms with Crippen LogP contribution in [0.5, 0.6) is 0 Å². The van der Waals surface area contributed by atoms with Gasteiger partial charge in [0.2, 0.25) is 0 Å². The Morgan fingerprint density at radius 1 is 1.00 bits per heavy atom. The average molecular weight is 451 g/mol. The van der Waals surface area contributed by atoms with Gasteiger partial charge in [-0.3, -0.25) is 23.6 Å². The van der Waals surface area contributed by atoms with E-state index in [0.717, 1.165) is 43.1 Å². The Morgan fingerprint density at radius 2 is 1.67 bits per heavy atom. The average Bonchev–Trinajstić information content (AvgIpc) is 2.95. The van der Waals surface area contributed by atoms with Gasteiger partial charge in [-0.2, -0.15) is 0 Å². The second-order valence-corrected chi connectivity index (χ2v) is 10.5.